The van der Waals surface area contributed by atoms with Crippen molar-refractivity contribution in [2.75, 3.05) is 18.5 Å². The maximum Gasteiger partial charge on any atom is 0.285 e. The van der Waals surface area contributed by atoms with E-state index in [1.165, 1.54) is 6.42 Å². The SMILES string of the molecule is C=O.CCCCC1CCCCCC(CC)CN(S(=O)(=O)c2ccc(N/N=C(C(=O)NN)/C(C)=C(\C)C#N)cc2)C1. The number of rotatable bonds is 10. The first kappa shape index (κ1) is 35.0. The zero-order valence-electron chi connectivity index (χ0n) is 24.4. The number of amides is 1. The second-order valence-corrected chi connectivity index (χ2v) is 12.1. The molecule has 2 atom stereocenters. The summed E-state index contributed by atoms with van der Waals surface area (Å²) in [4.78, 5) is 20.4. The highest BCUT2D eigenvalue weighted by Crippen LogP contribution is 2.28. The van der Waals surface area contributed by atoms with Gasteiger partial charge in [0, 0.05) is 18.7 Å². The van der Waals surface area contributed by atoms with Gasteiger partial charge < -0.3 is 4.79 Å². The average Bonchev–Trinajstić information content (AvgIpc) is 2.98. The predicted octanol–water partition coefficient (Wildman–Crippen LogP) is 4.91. The quantitative estimate of drug-likeness (QED) is 0.118. The molecule has 1 amide bonds. The normalized spacial score (nSPS) is 19.8. The maximum absolute atomic E-state index is 13.8. The molecule has 1 aliphatic rings. The van der Waals surface area contributed by atoms with E-state index in [0.29, 0.717) is 41.8 Å². The Morgan fingerprint density at radius 3 is 2.25 bits per heavy atom. The Bertz CT molecular complexity index is 1140. The van der Waals surface area contributed by atoms with Gasteiger partial charge in [-0.2, -0.15) is 14.7 Å². The van der Waals surface area contributed by atoms with E-state index in [-0.39, 0.29) is 10.6 Å². The first-order valence-corrected chi connectivity index (χ1v) is 15.4. The molecule has 0 radical (unpaired) electrons. The van der Waals surface area contributed by atoms with Crippen LogP contribution in [-0.4, -0.2) is 44.2 Å². The highest BCUT2D eigenvalue weighted by molar-refractivity contribution is 7.89. The van der Waals surface area contributed by atoms with Crippen LogP contribution in [-0.2, 0) is 19.6 Å². The van der Waals surface area contributed by atoms with E-state index in [4.69, 9.17) is 15.9 Å². The summed E-state index contributed by atoms with van der Waals surface area (Å²) in [7, 11) is -3.68. The van der Waals surface area contributed by atoms with Crippen molar-refractivity contribution in [3.63, 3.8) is 0 Å². The molecule has 1 fully saturated rings. The van der Waals surface area contributed by atoms with Gasteiger partial charge in [-0.1, -0.05) is 52.4 Å². The molecule has 1 aromatic rings. The van der Waals surface area contributed by atoms with Crippen LogP contribution in [0.2, 0.25) is 0 Å². The van der Waals surface area contributed by atoms with Gasteiger partial charge in [-0.05, 0) is 74.8 Å². The van der Waals surface area contributed by atoms with E-state index in [0.717, 1.165) is 51.4 Å². The third kappa shape index (κ3) is 10.5. The van der Waals surface area contributed by atoms with E-state index in [9.17, 15) is 13.2 Å². The number of carbonyl (C=O) groups is 2. The smallest absolute Gasteiger partial charge is 0.285 e. The van der Waals surface area contributed by atoms with Gasteiger partial charge in [0.25, 0.3) is 5.91 Å². The van der Waals surface area contributed by atoms with Crippen LogP contribution in [0.3, 0.4) is 0 Å². The van der Waals surface area contributed by atoms with Gasteiger partial charge in [-0.3, -0.25) is 15.6 Å². The number of nitriles is 1. The predicted molar refractivity (Wildman–Crippen MR) is 160 cm³/mol. The number of nitrogens with one attached hydrogen (secondary N) is 2. The van der Waals surface area contributed by atoms with Gasteiger partial charge in [0.2, 0.25) is 10.0 Å². The van der Waals surface area contributed by atoms with Gasteiger partial charge in [0.1, 0.15) is 6.79 Å². The monoisotopic (exact) mass is 574 g/mol. The summed E-state index contributed by atoms with van der Waals surface area (Å²) in [5, 5.41) is 13.3. The number of nitrogens with zero attached hydrogens (tertiary/aromatic N) is 3. The summed E-state index contributed by atoms with van der Waals surface area (Å²) in [5.74, 6) is 5.35. The van der Waals surface area contributed by atoms with Crippen LogP contribution in [0.25, 0.3) is 0 Å². The number of hydrazone groups is 1. The molecule has 2 rings (SSSR count). The molecule has 0 bridgehead atoms. The summed E-state index contributed by atoms with van der Waals surface area (Å²) < 4.78 is 29.3. The number of hydrogen-bond donors (Lipinski definition) is 3. The summed E-state index contributed by atoms with van der Waals surface area (Å²) in [6.45, 7) is 10.6. The van der Waals surface area contributed by atoms with Crippen molar-refractivity contribution in [2.45, 2.75) is 90.4 Å². The number of sulfonamides is 1. The fourth-order valence-corrected chi connectivity index (χ4v) is 6.33. The summed E-state index contributed by atoms with van der Waals surface area (Å²) in [5.41, 5.74) is 6.00. The molecule has 11 heteroatoms. The Kier molecular flexibility index (Phi) is 16.0. The van der Waals surface area contributed by atoms with Crippen molar-refractivity contribution >= 4 is 34.1 Å². The number of benzene rings is 1. The molecule has 10 nitrogen and oxygen atoms in total. The Balaban J connectivity index is 0.00000391. The lowest BCUT2D eigenvalue weighted by molar-refractivity contribution is -0.114. The molecular weight excluding hydrogens is 528 g/mol. The van der Waals surface area contributed by atoms with E-state index in [2.05, 4.69) is 24.4 Å². The zero-order chi connectivity index (χ0) is 30.1. The van der Waals surface area contributed by atoms with Crippen LogP contribution in [0.15, 0.2) is 45.4 Å². The Morgan fingerprint density at radius 2 is 1.70 bits per heavy atom. The molecular formula is C29H46N6O4S. The van der Waals surface area contributed by atoms with Gasteiger partial charge in [-0.25, -0.2) is 14.3 Å². The lowest BCUT2D eigenvalue weighted by Gasteiger charge is -2.31. The second kappa shape index (κ2) is 18.3. The molecule has 4 N–H and O–H groups in total. The molecule has 222 valence electrons. The zero-order valence-corrected chi connectivity index (χ0v) is 25.2. The molecule has 0 spiro atoms. The molecule has 2 unspecified atom stereocenters. The molecule has 1 saturated heterocycles. The first-order valence-electron chi connectivity index (χ1n) is 14.0. The van der Waals surface area contributed by atoms with Crippen molar-refractivity contribution in [3.8, 4) is 6.07 Å². The lowest BCUT2D eigenvalue weighted by atomic mass is 9.91. The van der Waals surface area contributed by atoms with Crippen LogP contribution in [0.1, 0.15) is 85.5 Å². The lowest BCUT2D eigenvalue weighted by Crippen LogP contribution is -2.39. The van der Waals surface area contributed by atoms with Crippen LogP contribution in [0.4, 0.5) is 5.69 Å². The van der Waals surface area contributed by atoms with Crippen molar-refractivity contribution < 1.29 is 18.0 Å². The number of hydrogen-bond acceptors (Lipinski definition) is 8. The minimum Gasteiger partial charge on any atom is -0.307 e. The van der Waals surface area contributed by atoms with Gasteiger partial charge in [0.15, 0.2) is 5.71 Å². The fourth-order valence-electron chi connectivity index (χ4n) is 4.74. The Labute approximate surface area is 240 Å². The molecule has 1 heterocycles. The standard InChI is InChI=1S/C28H44N6O3S.CH2O/c1-5-7-11-24-13-10-8-9-12-23(6-2)19-34(20-24)38(36,37)26-16-14-25(15-17-26)32-33-27(28(35)31-30)22(4)21(3)18-29;1-2/h14-17,23-24,32H,5-13,19-20,30H2,1-4H3,(H,31,35);1H2/b22-21+,33-27-;. The van der Waals surface area contributed by atoms with Crippen molar-refractivity contribution in [1.29, 1.82) is 5.26 Å². The van der Waals surface area contributed by atoms with Gasteiger partial charge in [0.05, 0.1) is 16.7 Å². The van der Waals surface area contributed by atoms with Crippen LogP contribution in [0, 0.1) is 23.2 Å². The van der Waals surface area contributed by atoms with Crippen LogP contribution >= 0.6 is 0 Å². The second-order valence-electron chi connectivity index (χ2n) is 10.2. The molecule has 1 aliphatic heterocycles. The van der Waals surface area contributed by atoms with E-state index < -0.39 is 15.9 Å². The Hall–Kier alpha value is -3.07. The molecule has 40 heavy (non-hydrogen) atoms. The summed E-state index contributed by atoms with van der Waals surface area (Å²) >= 11 is 0. The van der Waals surface area contributed by atoms with Crippen LogP contribution < -0.4 is 16.7 Å². The average molecular weight is 575 g/mol. The number of carbonyl (C=O) groups excluding carboxylic acids is 2. The minimum absolute atomic E-state index is 0.0282. The highest BCUT2D eigenvalue weighted by atomic mass is 32.2. The van der Waals surface area contributed by atoms with Crippen molar-refractivity contribution in [1.82, 2.24) is 9.73 Å². The van der Waals surface area contributed by atoms with E-state index in [1.807, 2.05) is 18.3 Å². The number of anilines is 1. The number of hydrazine groups is 1. The van der Waals surface area contributed by atoms with E-state index in [1.54, 1.807) is 42.4 Å². The number of unbranched alkanes of at least 4 members (excludes halogenated alkanes) is 1. The summed E-state index contributed by atoms with van der Waals surface area (Å²) in [6.07, 6.45) is 9.90. The largest absolute Gasteiger partial charge is 0.307 e. The highest BCUT2D eigenvalue weighted by Gasteiger charge is 2.29. The summed E-state index contributed by atoms with van der Waals surface area (Å²) in [6, 6.07) is 8.38. The molecule has 0 aromatic heterocycles. The third-order valence-corrected chi connectivity index (χ3v) is 9.26. The third-order valence-electron chi connectivity index (χ3n) is 7.41. The minimum atomic E-state index is -3.68. The molecule has 0 aliphatic carbocycles. The first-order chi connectivity index (χ1) is 19.2. The Morgan fingerprint density at radius 1 is 1.10 bits per heavy atom. The number of allylic oxidation sites excluding steroid dienone is 1. The van der Waals surface area contributed by atoms with Gasteiger partial charge in [-0.15, -0.1) is 0 Å². The van der Waals surface area contributed by atoms with Gasteiger partial charge >= 0.3 is 0 Å². The number of nitrogens with two attached hydrogens (primary N) is 1. The maximum atomic E-state index is 13.8. The molecule has 1 aromatic carbocycles. The fraction of sp³-hybridized carbons (Fsp3) is 0.586. The topological polar surface area (TPSA) is 158 Å². The van der Waals surface area contributed by atoms with Crippen molar-refractivity contribution in [3.05, 3.63) is 35.4 Å². The van der Waals surface area contributed by atoms with Crippen LogP contribution in [0.5, 0.6) is 0 Å². The van der Waals surface area contributed by atoms with E-state index >= 15 is 0 Å². The molecule has 0 saturated carbocycles. The van der Waals surface area contributed by atoms with Crippen molar-refractivity contribution in [2.24, 2.45) is 22.8 Å².